The quantitative estimate of drug-likeness (QED) is 0.518. The molecule has 0 saturated heterocycles. The molecule has 0 radical (unpaired) electrons. The fourth-order valence-electron chi connectivity index (χ4n) is 1.82. The van der Waals surface area contributed by atoms with E-state index >= 15 is 0 Å². The van der Waals surface area contributed by atoms with Crippen LogP contribution in [0.3, 0.4) is 0 Å². The molecule has 0 heterocycles. The van der Waals surface area contributed by atoms with Crippen LogP contribution < -0.4 is 10.7 Å². The number of hydrazone groups is 1. The lowest BCUT2D eigenvalue weighted by atomic mass is 10.2. The van der Waals surface area contributed by atoms with Crippen LogP contribution in [0.2, 0.25) is 0 Å². The van der Waals surface area contributed by atoms with Crippen LogP contribution in [-0.4, -0.2) is 18.0 Å². The minimum absolute atomic E-state index is 0.568. The molecule has 2 aromatic carbocycles. The van der Waals surface area contributed by atoms with Crippen molar-refractivity contribution in [2.45, 2.75) is 6.92 Å². The number of carbonyl (C=O) groups excluding carboxylic acids is 2. The van der Waals surface area contributed by atoms with Gasteiger partial charge in [0.1, 0.15) is 0 Å². The number of hydrogen-bond donors (Lipinski definition) is 2. The minimum Gasteiger partial charge on any atom is -0.318 e. The zero-order chi connectivity index (χ0) is 16.5. The van der Waals surface area contributed by atoms with Crippen LogP contribution >= 0.6 is 0 Å². The Morgan fingerprint density at radius 1 is 1.00 bits per heavy atom. The van der Waals surface area contributed by atoms with Gasteiger partial charge in [0.05, 0.1) is 0 Å². The van der Waals surface area contributed by atoms with E-state index in [1.165, 1.54) is 6.21 Å². The molecule has 116 valence electrons. The Morgan fingerprint density at radius 3 is 2.52 bits per heavy atom. The highest BCUT2D eigenvalue weighted by molar-refractivity contribution is 6.39. The lowest BCUT2D eigenvalue weighted by Crippen LogP contribution is -2.32. The first kappa shape index (κ1) is 16.2. The second-order valence-electron chi connectivity index (χ2n) is 4.81. The standard InChI is InChI=1S/C18H17N3O2/c1-14-7-5-11-16(13-14)20-17(22)18(23)21-19-12-6-10-15-8-3-2-4-9-15/h2-13H,1H3,(H,20,22)(H,21,23)/b10-6+,19-12+. The first-order valence-corrected chi connectivity index (χ1v) is 7.08. The third kappa shape index (κ3) is 5.59. The average Bonchev–Trinajstić information content (AvgIpc) is 2.55. The molecule has 23 heavy (non-hydrogen) atoms. The topological polar surface area (TPSA) is 70.6 Å². The van der Waals surface area contributed by atoms with Crippen molar-refractivity contribution in [3.8, 4) is 0 Å². The predicted molar refractivity (Wildman–Crippen MR) is 91.9 cm³/mol. The molecule has 0 bridgehead atoms. The van der Waals surface area contributed by atoms with Gasteiger partial charge in [0.2, 0.25) is 0 Å². The van der Waals surface area contributed by atoms with Gasteiger partial charge >= 0.3 is 11.8 Å². The highest BCUT2D eigenvalue weighted by atomic mass is 16.2. The molecule has 0 unspecified atom stereocenters. The minimum atomic E-state index is -0.823. The zero-order valence-electron chi connectivity index (χ0n) is 12.7. The summed E-state index contributed by atoms with van der Waals surface area (Å²) in [5.74, 6) is -1.59. The molecule has 0 aliphatic heterocycles. The van der Waals surface area contributed by atoms with Crippen molar-refractivity contribution in [3.05, 3.63) is 71.8 Å². The lowest BCUT2D eigenvalue weighted by molar-refractivity contribution is -0.136. The van der Waals surface area contributed by atoms with E-state index in [9.17, 15) is 9.59 Å². The van der Waals surface area contributed by atoms with Crippen molar-refractivity contribution < 1.29 is 9.59 Å². The van der Waals surface area contributed by atoms with E-state index in [1.54, 1.807) is 24.3 Å². The molecule has 0 atom stereocenters. The van der Waals surface area contributed by atoms with Gasteiger partial charge in [-0.2, -0.15) is 5.10 Å². The highest BCUT2D eigenvalue weighted by Crippen LogP contribution is 2.09. The lowest BCUT2D eigenvalue weighted by Gasteiger charge is -2.04. The fraction of sp³-hybridized carbons (Fsp3) is 0.0556. The first-order chi connectivity index (χ1) is 11.1. The maximum atomic E-state index is 11.7. The van der Waals surface area contributed by atoms with E-state index in [0.717, 1.165) is 11.1 Å². The number of hydrogen-bond acceptors (Lipinski definition) is 3. The van der Waals surface area contributed by atoms with Gasteiger partial charge in [0.15, 0.2) is 0 Å². The molecule has 0 aliphatic rings. The summed E-state index contributed by atoms with van der Waals surface area (Å²) < 4.78 is 0. The van der Waals surface area contributed by atoms with Gasteiger partial charge in [-0.1, -0.05) is 48.5 Å². The molecule has 0 aliphatic carbocycles. The van der Waals surface area contributed by atoms with Crippen LogP contribution in [0.1, 0.15) is 11.1 Å². The normalized spacial score (nSPS) is 10.8. The van der Waals surface area contributed by atoms with Crippen LogP contribution in [-0.2, 0) is 9.59 Å². The molecule has 5 heteroatoms. The number of aryl methyl sites for hydroxylation is 1. The number of benzene rings is 2. The monoisotopic (exact) mass is 307 g/mol. The van der Waals surface area contributed by atoms with Gasteiger partial charge in [-0.05, 0) is 36.3 Å². The van der Waals surface area contributed by atoms with Gasteiger partial charge in [-0.25, -0.2) is 5.43 Å². The molecular weight excluding hydrogens is 290 g/mol. The summed E-state index contributed by atoms with van der Waals surface area (Å²) in [4.78, 5) is 23.3. The zero-order valence-corrected chi connectivity index (χ0v) is 12.7. The van der Waals surface area contributed by atoms with E-state index in [0.29, 0.717) is 5.69 Å². The fourth-order valence-corrected chi connectivity index (χ4v) is 1.82. The summed E-state index contributed by atoms with van der Waals surface area (Å²) in [6.45, 7) is 1.90. The number of anilines is 1. The maximum Gasteiger partial charge on any atom is 0.329 e. The van der Waals surface area contributed by atoms with E-state index in [4.69, 9.17) is 0 Å². The number of carbonyl (C=O) groups is 2. The molecular formula is C18H17N3O2. The number of rotatable bonds is 4. The van der Waals surface area contributed by atoms with Crippen molar-refractivity contribution in [3.63, 3.8) is 0 Å². The summed E-state index contributed by atoms with van der Waals surface area (Å²) in [6.07, 6.45) is 4.92. The summed E-state index contributed by atoms with van der Waals surface area (Å²) in [7, 11) is 0. The van der Waals surface area contributed by atoms with Gasteiger partial charge in [-0.15, -0.1) is 0 Å². The van der Waals surface area contributed by atoms with E-state index in [1.807, 2.05) is 49.4 Å². The number of amides is 2. The Bertz CT molecular complexity index is 737. The van der Waals surface area contributed by atoms with Crippen molar-refractivity contribution >= 4 is 29.8 Å². The van der Waals surface area contributed by atoms with Crippen molar-refractivity contribution in [1.82, 2.24) is 5.43 Å². The van der Waals surface area contributed by atoms with Gasteiger partial charge in [-0.3, -0.25) is 9.59 Å². The summed E-state index contributed by atoms with van der Waals surface area (Å²) in [6, 6.07) is 16.9. The predicted octanol–water partition coefficient (Wildman–Crippen LogP) is 2.75. The Morgan fingerprint density at radius 2 is 1.78 bits per heavy atom. The highest BCUT2D eigenvalue weighted by Gasteiger charge is 2.12. The molecule has 2 N–H and O–H groups in total. The van der Waals surface area contributed by atoms with Crippen LogP contribution in [0, 0.1) is 6.92 Å². The Kier molecular flexibility index (Phi) is 5.82. The van der Waals surface area contributed by atoms with Crippen molar-refractivity contribution in [1.29, 1.82) is 0 Å². The molecule has 0 spiro atoms. The molecule has 2 rings (SSSR count). The van der Waals surface area contributed by atoms with E-state index < -0.39 is 11.8 Å². The van der Waals surface area contributed by atoms with E-state index in [-0.39, 0.29) is 0 Å². The number of nitrogens with zero attached hydrogens (tertiary/aromatic N) is 1. The average molecular weight is 307 g/mol. The van der Waals surface area contributed by atoms with Gasteiger partial charge in [0.25, 0.3) is 0 Å². The smallest absolute Gasteiger partial charge is 0.318 e. The Hall–Kier alpha value is -3.21. The third-order valence-electron chi connectivity index (χ3n) is 2.90. The summed E-state index contributed by atoms with van der Waals surface area (Å²) >= 11 is 0. The van der Waals surface area contributed by atoms with Crippen LogP contribution in [0.25, 0.3) is 6.08 Å². The van der Waals surface area contributed by atoms with Crippen molar-refractivity contribution in [2.24, 2.45) is 5.10 Å². The Labute approximate surface area is 134 Å². The van der Waals surface area contributed by atoms with Crippen LogP contribution in [0.15, 0.2) is 65.8 Å². The molecule has 2 amide bonds. The largest absolute Gasteiger partial charge is 0.329 e. The summed E-state index contributed by atoms with van der Waals surface area (Å²) in [5.41, 5.74) is 4.75. The summed E-state index contributed by atoms with van der Waals surface area (Å²) in [5, 5.41) is 6.20. The number of nitrogens with one attached hydrogen (secondary N) is 2. The maximum absolute atomic E-state index is 11.7. The first-order valence-electron chi connectivity index (χ1n) is 7.08. The Balaban J connectivity index is 1.81. The molecule has 2 aromatic rings. The molecule has 0 saturated carbocycles. The van der Waals surface area contributed by atoms with Crippen LogP contribution in [0.5, 0.6) is 0 Å². The number of allylic oxidation sites excluding steroid dienone is 1. The van der Waals surface area contributed by atoms with Gasteiger partial charge < -0.3 is 5.32 Å². The van der Waals surface area contributed by atoms with Crippen LogP contribution in [0.4, 0.5) is 5.69 Å². The van der Waals surface area contributed by atoms with Crippen molar-refractivity contribution in [2.75, 3.05) is 5.32 Å². The molecule has 5 nitrogen and oxygen atoms in total. The molecule has 0 fully saturated rings. The second-order valence-corrected chi connectivity index (χ2v) is 4.81. The van der Waals surface area contributed by atoms with Gasteiger partial charge in [0, 0.05) is 11.9 Å². The SMILES string of the molecule is Cc1cccc(NC(=O)C(=O)N/N=C/C=C/c2ccccc2)c1. The molecule has 0 aromatic heterocycles. The second kappa shape index (κ2) is 8.29. The third-order valence-corrected chi connectivity index (χ3v) is 2.90. The van der Waals surface area contributed by atoms with E-state index in [2.05, 4.69) is 15.8 Å².